The van der Waals surface area contributed by atoms with Gasteiger partial charge in [0, 0.05) is 11.6 Å². The van der Waals surface area contributed by atoms with E-state index in [1.165, 1.54) is 30.3 Å². The molecule has 142 valence electrons. The van der Waals surface area contributed by atoms with Crippen LogP contribution in [-0.4, -0.2) is 18.7 Å². The number of nitrogens with one attached hydrogen (secondary N) is 1. The maximum atomic E-state index is 14.1. The third-order valence-electron chi connectivity index (χ3n) is 3.98. The minimum absolute atomic E-state index is 0.207. The highest BCUT2D eigenvalue weighted by Gasteiger charge is 2.32. The van der Waals surface area contributed by atoms with Crippen LogP contribution in [0.5, 0.6) is 17.2 Å². The molecule has 27 heavy (non-hydrogen) atoms. The molecule has 1 N–H and O–H groups in total. The SMILES string of the molecule is C=CC(=O)NC1c2ccc(Oc3ccc(C(F)(F)F)cc3)cc2OCC1F. The van der Waals surface area contributed by atoms with Crippen LogP contribution in [0.25, 0.3) is 0 Å². The van der Waals surface area contributed by atoms with E-state index in [1.807, 2.05) is 0 Å². The zero-order valence-electron chi connectivity index (χ0n) is 13.9. The average Bonchev–Trinajstić information content (AvgIpc) is 2.63. The molecule has 1 aliphatic heterocycles. The maximum absolute atomic E-state index is 14.1. The fourth-order valence-corrected chi connectivity index (χ4v) is 2.65. The highest BCUT2D eigenvalue weighted by molar-refractivity contribution is 5.87. The van der Waals surface area contributed by atoms with Crippen LogP contribution in [0.2, 0.25) is 0 Å². The molecule has 0 aliphatic carbocycles. The first-order chi connectivity index (χ1) is 12.8. The molecule has 2 unspecified atom stereocenters. The van der Waals surface area contributed by atoms with Crippen molar-refractivity contribution in [2.24, 2.45) is 0 Å². The lowest BCUT2D eigenvalue weighted by Crippen LogP contribution is -2.39. The standard InChI is InChI=1S/C19H15F4NO3/c1-2-17(25)24-18-14-8-7-13(9-16(14)26-10-15(18)20)27-12-5-3-11(4-6-12)19(21,22)23/h2-9,15,18H,1,10H2,(H,24,25). The van der Waals surface area contributed by atoms with E-state index in [0.29, 0.717) is 17.1 Å². The summed E-state index contributed by atoms with van der Waals surface area (Å²) >= 11 is 0. The third-order valence-corrected chi connectivity index (χ3v) is 3.98. The Kier molecular flexibility index (Phi) is 5.07. The molecule has 0 fully saturated rings. The van der Waals surface area contributed by atoms with Crippen molar-refractivity contribution in [3.8, 4) is 17.2 Å². The van der Waals surface area contributed by atoms with Crippen molar-refractivity contribution >= 4 is 5.91 Å². The molecule has 1 heterocycles. The quantitative estimate of drug-likeness (QED) is 0.623. The molecule has 3 rings (SSSR count). The fourth-order valence-electron chi connectivity index (χ4n) is 2.65. The number of hydrogen-bond acceptors (Lipinski definition) is 3. The Balaban J connectivity index is 1.79. The summed E-state index contributed by atoms with van der Waals surface area (Å²) in [5, 5.41) is 2.50. The molecule has 0 saturated carbocycles. The van der Waals surface area contributed by atoms with Crippen LogP contribution < -0.4 is 14.8 Å². The predicted molar refractivity (Wildman–Crippen MR) is 89.4 cm³/mol. The summed E-state index contributed by atoms with van der Waals surface area (Å²) < 4.78 is 62.8. The van der Waals surface area contributed by atoms with Gasteiger partial charge in [0.2, 0.25) is 5.91 Å². The molecular weight excluding hydrogens is 366 g/mol. The van der Waals surface area contributed by atoms with Gasteiger partial charge >= 0.3 is 6.18 Å². The van der Waals surface area contributed by atoms with Gasteiger partial charge in [0.25, 0.3) is 0 Å². The van der Waals surface area contributed by atoms with Gasteiger partial charge in [0.1, 0.15) is 23.9 Å². The molecule has 2 aromatic carbocycles. The van der Waals surface area contributed by atoms with Crippen molar-refractivity contribution in [2.45, 2.75) is 18.4 Å². The number of rotatable bonds is 4. The van der Waals surface area contributed by atoms with Crippen LogP contribution in [0, 0.1) is 0 Å². The van der Waals surface area contributed by atoms with Crippen molar-refractivity contribution in [1.29, 1.82) is 0 Å². The summed E-state index contributed by atoms with van der Waals surface area (Å²) in [6, 6.07) is 7.89. The lowest BCUT2D eigenvalue weighted by molar-refractivity contribution is -0.137. The van der Waals surface area contributed by atoms with E-state index >= 15 is 0 Å². The Morgan fingerprint density at radius 2 is 1.85 bits per heavy atom. The van der Waals surface area contributed by atoms with Crippen molar-refractivity contribution in [3.05, 3.63) is 66.2 Å². The van der Waals surface area contributed by atoms with E-state index in [1.54, 1.807) is 0 Å². The molecule has 0 saturated heterocycles. The van der Waals surface area contributed by atoms with E-state index < -0.39 is 29.9 Å². The monoisotopic (exact) mass is 381 g/mol. The van der Waals surface area contributed by atoms with Crippen LogP contribution in [0.4, 0.5) is 17.6 Å². The topological polar surface area (TPSA) is 47.6 Å². The number of amides is 1. The Labute approximate surface area is 152 Å². The Morgan fingerprint density at radius 1 is 1.19 bits per heavy atom. The molecule has 1 aliphatic rings. The number of hydrogen-bond donors (Lipinski definition) is 1. The summed E-state index contributed by atoms with van der Waals surface area (Å²) in [4.78, 5) is 11.5. The van der Waals surface area contributed by atoms with E-state index in [0.717, 1.165) is 18.2 Å². The zero-order valence-corrected chi connectivity index (χ0v) is 13.9. The van der Waals surface area contributed by atoms with Gasteiger partial charge in [-0.3, -0.25) is 4.79 Å². The van der Waals surface area contributed by atoms with Gasteiger partial charge in [-0.05, 0) is 42.5 Å². The van der Waals surface area contributed by atoms with E-state index in [2.05, 4.69) is 11.9 Å². The summed E-state index contributed by atoms with van der Waals surface area (Å²) in [6.07, 6.45) is -4.81. The van der Waals surface area contributed by atoms with Gasteiger partial charge in [-0.2, -0.15) is 13.2 Å². The summed E-state index contributed by atoms with van der Waals surface area (Å²) in [5.74, 6) is 0.321. The molecule has 8 heteroatoms. The number of halogens is 4. The summed E-state index contributed by atoms with van der Waals surface area (Å²) in [5.41, 5.74) is -0.345. The van der Waals surface area contributed by atoms with Gasteiger partial charge in [0.15, 0.2) is 6.17 Å². The minimum atomic E-state index is -4.42. The maximum Gasteiger partial charge on any atom is 0.416 e. The van der Waals surface area contributed by atoms with Crippen LogP contribution in [-0.2, 0) is 11.0 Å². The highest BCUT2D eigenvalue weighted by atomic mass is 19.4. The Morgan fingerprint density at radius 3 is 2.48 bits per heavy atom. The minimum Gasteiger partial charge on any atom is -0.490 e. The lowest BCUT2D eigenvalue weighted by Gasteiger charge is -2.29. The first kappa shape index (κ1) is 18.8. The van der Waals surface area contributed by atoms with Gasteiger partial charge in [-0.1, -0.05) is 6.58 Å². The summed E-state index contributed by atoms with van der Waals surface area (Å²) in [6.45, 7) is 3.08. The van der Waals surface area contributed by atoms with Crippen LogP contribution in [0.1, 0.15) is 17.2 Å². The lowest BCUT2D eigenvalue weighted by atomic mass is 9.99. The molecule has 2 aromatic rings. The number of fused-ring (bicyclic) bond motifs is 1. The molecule has 1 amide bonds. The van der Waals surface area contributed by atoms with Crippen molar-refractivity contribution in [1.82, 2.24) is 5.32 Å². The Hall–Kier alpha value is -3.03. The largest absolute Gasteiger partial charge is 0.490 e. The molecule has 0 bridgehead atoms. The smallest absolute Gasteiger partial charge is 0.416 e. The number of carbonyl (C=O) groups is 1. The predicted octanol–water partition coefficient (Wildman–Crippen LogP) is 4.57. The van der Waals surface area contributed by atoms with Gasteiger partial charge in [0.05, 0.1) is 11.6 Å². The average molecular weight is 381 g/mol. The second-order valence-corrected chi connectivity index (χ2v) is 5.84. The number of carbonyl (C=O) groups excluding carboxylic acids is 1. The van der Waals surface area contributed by atoms with Crippen molar-refractivity contribution < 1.29 is 31.8 Å². The van der Waals surface area contributed by atoms with Crippen molar-refractivity contribution in [3.63, 3.8) is 0 Å². The van der Waals surface area contributed by atoms with Gasteiger partial charge in [-0.15, -0.1) is 0 Å². The summed E-state index contributed by atoms with van der Waals surface area (Å²) in [7, 11) is 0. The van der Waals surface area contributed by atoms with E-state index in [9.17, 15) is 22.4 Å². The molecular formula is C19H15F4NO3. The van der Waals surface area contributed by atoms with E-state index in [4.69, 9.17) is 9.47 Å². The van der Waals surface area contributed by atoms with Gasteiger partial charge < -0.3 is 14.8 Å². The fraction of sp³-hybridized carbons (Fsp3) is 0.211. The highest BCUT2D eigenvalue weighted by Crippen LogP contribution is 2.38. The van der Waals surface area contributed by atoms with Crippen LogP contribution in [0.15, 0.2) is 55.1 Å². The normalized spacial score (nSPS) is 18.8. The zero-order chi connectivity index (χ0) is 19.6. The number of ether oxygens (including phenoxy) is 2. The molecule has 4 nitrogen and oxygen atoms in total. The van der Waals surface area contributed by atoms with Crippen molar-refractivity contribution in [2.75, 3.05) is 6.61 Å². The first-order valence-corrected chi connectivity index (χ1v) is 7.97. The Bertz CT molecular complexity index is 849. The second-order valence-electron chi connectivity index (χ2n) is 5.84. The molecule has 2 atom stereocenters. The first-order valence-electron chi connectivity index (χ1n) is 7.97. The number of alkyl halides is 4. The van der Waals surface area contributed by atoms with Crippen LogP contribution in [0.3, 0.4) is 0 Å². The molecule has 0 spiro atoms. The molecule has 0 aromatic heterocycles. The second kappa shape index (κ2) is 7.30. The number of benzene rings is 2. The third kappa shape index (κ3) is 4.21. The van der Waals surface area contributed by atoms with Gasteiger partial charge in [-0.25, -0.2) is 4.39 Å². The van der Waals surface area contributed by atoms with Crippen LogP contribution >= 0.6 is 0 Å². The molecule has 0 radical (unpaired) electrons. The van der Waals surface area contributed by atoms with E-state index in [-0.39, 0.29) is 12.4 Å².